The van der Waals surface area contributed by atoms with E-state index in [1.807, 2.05) is 31.2 Å². The van der Waals surface area contributed by atoms with E-state index < -0.39 is 0 Å². The highest BCUT2D eigenvalue weighted by Gasteiger charge is 2.20. The standard InChI is InChI=1S/C12H9NO/c1-7-5-8-3-2-4-10-11(8)9(6-7)12(14)13-10/h2-6H,1H3,(H,13,14). The molecule has 0 radical (unpaired) electrons. The second-order valence-corrected chi connectivity index (χ2v) is 3.67. The van der Waals surface area contributed by atoms with Crippen molar-refractivity contribution in [3.05, 3.63) is 41.5 Å². The van der Waals surface area contributed by atoms with Crippen LogP contribution in [0.15, 0.2) is 30.3 Å². The van der Waals surface area contributed by atoms with Gasteiger partial charge in [-0.15, -0.1) is 0 Å². The van der Waals surface area contributed by atoms with E-state index in [-0.39, 0.29) is 5.91 Å². The molecule has 0 bridgehead atoms. The van der Waals surface area contributed by atoms with Crippen molar-refractivity contribution in [2.75, 3.05) is 5.32 Å². The first-order valence-corrected chi connectivity index (χ1v) is 4.60. The lowest BCUT2D eigenvalue weighted by atomic mass is 10.0. The second-order valence-electron chi connectivity index (χ2n) is 3.67. The van der Waals surface area contributed by atoms with Gasteiger partial charge < -0.3 is 5.32 Å². The number of nitrogens with one attached hydrogen (secondary N) is 1. The van der Waals surface area contributed by atoms with Crippen molar-refractivity contribution in [3.8, 4) is 0 Å². The van der Waals surface area contributed by atoms with E-state index in [4.69, 9.17) is 0 Å². The van der Waals surface area contributed by atoms with Crippen LogP contribution in [0.1, 0.15) is 15.9 Å². The lowest BCUT2D eigenvalue weighted by molar-refractivity contribution is 0.103. The van der Waals surface area contributed by atoms with Crippen LogP contribution in [0, 0.1) is 6.92 Å². The lowest BCUT2D eigenvalue weighted by Crippen LogP contribution is -2.04. The van der Waals surface area contributed by atoms with Crippen LogP contribution in [-0.2, 0) is 0 Å². The third-order valence-corrected chi connectivity index (χ3v) is 2.61. The zero-order chi connectivity index (χ0) is 9.71. The van der Waals surface area contributed by atoms with E-state index in [0.717, 1.165) is 27.6 Å². The molecular weight excluding hydrogens is 174 g/mol. The van der Waals surface area contributed by atoms with E-state index in [1.165, 1.54) is 0 Å². The third kappa shape index (κ3) is 0.826. The summed E-state index contributed by atoms with van der Waals surface area (Å²) < 4.78 is 0. The Bertz CT molecular complexity index is 557. The fourth-order valence-electron chi connectivity index (χ4n) is 2.05. The van der Waals surface area contributed by atoms with Gasteiger partial charge in [0.25, 0.3) is 5.91 Å². The maximum Gasteiger partial charge on any atom is 0.256 e. The van der Waals surface area contributed by atoms with Crippen LogP contribution >= 0.6 is 0 Å². The van der Waals surface area contributed by atoms with Gasteiger partial charge in [0.1, 0.15) is 0 Å². The summed E-state index contributed by atoms with van der Waals surface area (Å²) in [6.07, 6.45) is 0. The number of anilines is 1. The minimum atomic E-state index is 0.0138. The van der Waals surface area contributed by atoms with Crippen LogP contribution in [0.4, 0.5) is 5.69 Å². The quantitative estimate of drug-likeness (QED) is 0.668. The van der Waals surface area contributed by atoms with Crippen molar-refractivity contribution < 1.29 is 4.79 Å². The highest BCUT2D eigenvalue weighted by atomic mass is 16.1. The Hall–Kier alpha value is -1.83. The van der Waals surface area contributed by atoms with Gasteiger partial charge in [0, 0.05) is 16.6 Å². The van der Waals surface area contributed by atoms with Gasteiger partial charge in [-0.05, 0) is 30.0 Å². The van der Waals surface area contributed by atoms with Crippen molar-refractivity contribution in [1.29, 1.82) is 0 Å². The monoisotopic (exact) mass is 183 g/mol. The summed E-state index contributed by atoms with van der Waals surface area (Å²) >= 11 is 0. The van der Waals surface area contributed by atoms with Crippen molar-refractivity contribution >= 4 is 22.4 Å². The van der Waals surface area contributed by atoms with Crippen LogP contribution in [0.25, 0.3) is 10.8 Å². The number of amides is 1. The van der Waals surface area contributed by atoms with Gasteiger partial charge in [0.05, 0.1) is 0 Å². The Balaban J connectivity index is 2.56. The Morgan fingerprint density at radius 1 is 1.21 bits per heavy atom. The van der Waals surface area contributed by atoms with Gasteiger partial charge in [-0.2, -0.15) is 0 Å². The third-order valence-electron chi connectivity index (χ3n) is 2.61. The number of hydrogen-bond acceptors (Lipinski definition) is 1. The smallest absolute Gasteiger partial charge is 0.256 e. The van der Waals surface area contributed by atoms with Gasteiger partial charge in [-0.1, -0.05) is 18.2 Å². The van der Waals surface area contributed by atoms with E-state index in [2.05, 4.69) is 11.4 Å². The number of carbonyl (C=O) groups excluding carboxylic acids is 1. The largest absolute Gasteiger partial charge is 0.321 e. The lowest BCUT2D eigenvalue weighted by Gasteiger charge is -2.00. The zero-order valence-corrected chi connectivity index (χ0v) is 7.79. The first-order valence-electron chi connectivity index (χ1n) is 4.60. The first-order chi connectivity index (χ1) is 6.75. The summed E-state index contributed by atoms with van der Waals surface area (Å²) in [6, 6.07) is 9.98. The number of rotatable bonds is 0. The minimum absolute atomic E-state index is 0.0138. The average molecular weight is 183 g/mol. The highest BCUT2D eigenvalue weighted by molar-refractivity contribution is 6.23. The topological polar surface area (TPSA) is 29.1 Å². The van der Waals surface area contributed by atoms with Crippen molar-refractivity contribution in [2.24, 2.45) is 0 Å². The molecule has 0 atom stereocenters. The average Bonchev–Trinajstić information content (AvgIpc) is 2.45. The molecule has 1 amide bonds. The molecule has 1 aliphatic heterocycles. The molecule has 3 rings (SSSR count). The Morgan fingerprint density at radius 2 is 2.07 bits per heavy atom. The fraction of sp³-hybridized carbons (Fsp3) is 0.0833. The summed E-state index contributed by atoms with van der Waals surface area (Å²) in [4.78, 5) is 11.6. The molecule has 0 unspecified atom stereocenters. The molecule has 1 aliphatic rings. The van der Waals surface area contributed by atoms with Crippen LogP contribution < -0.4 is 5.32 Å². The summed E-state index contributed by atoms with van der Waals surface area (Å²) in [7, 11) is 0. The molecule has 2 aromatic rings. The molecule has 0 aromatic heterocycles. The predicted octanol–water partition coefficient (Wildman–Crippen LogP) is 2.71. The maximum atomic E-state index is 11.6. The molecule has 68 valence electrons. The normalized spacial score (nSPS) is 13.4. The maximum absolute atomic E-state index is 11.6. The summed E-state index contributed by atoms with van der Waals surface area (Å²) in [5, 5.41) is 5.05. The van der Waals surface area contributed by atoms with Gasteiger partial charge in [0.15, 0.2) is 0 Å². The Kier molecular flexibility index (Phi) is 1.27. The molecule has 1 heterocycles. The summed E-state index contributed by atoms with van der Waals surface area (Å²) in [6.45, 7) is 2.01. The minimum Gasteiger partial charge on any atom is -0.321 e. The van der Waals surface area contributed by atoms with Crippen molar-refractivity contribution in [1.82, 2.24) is 0 Å². The number of hydrogen-bond donors (Lipinski definition) is 1. The molecule has 0 saturated carbocycles. The van der Waals surface area contributed by atoms with Gasteiger partial charge in [0.2, 0.25) is 0 Å². The summed E-state index contributed by atoms with van der Waals surface area (Å²) in [5.41, 5.74) is 2.86. The molecule has 0 aliphatic carbocycles. The molecule has 0 fully saturated rings. The van der Waals surface area contributed by atoms with Crippen LogP contribution in [-0.4, -0.2) is 5.91 Å². The Morgan fingerprint density at radius 3 is 2.93 bits per heavy atom. The van der Waals surface area contributed by atoms with E-state index in [0.29, 0.717) is 0 Å². The van der Waals surface area contributed by atoms with Gasteiger partial charge in [-0.25, -0.2) is 0 Å². The van der Waals surface area contributed by atoms with Crippen LogP contribution in [0.5, 0.6) is 0 Å². The van der Waals surface area contributed by atoms with E-state index >= 15 is 0 Å². The first kappa shape index (κ1) is 7.56. The SMILES string of the molecule is Cc1cc2c3c(cccc3c1)NC2=O. The molecule has 2 aromatic carbocycles. The number of aryl methyl sites for hydroxylation is 1. The zero-order valence-electron chi connectivity index (χ0n) is 7.79. The molecule has 2 nitrogen and oxygen atoms in total. The van der Waals surface area contributed by atoms with Crippen molar-refractivity contribution in [2.45, 2.75) is 6.92 Å². The molecule has 1 N–H and O–H groups in total. The number of carbonyl (C=O) groups is 1. The molecule has 0 saturated heterocycles. The van der Waals surface area contributed by atoms with Crippen LogP contribution in [0.2, 0.25) is 0 Å². The highest BCUT2D eigenvalue weighted by Crippen LogP contribution is 2.33. The molecular formula is C12H9NO. The fourth-order valence-corrected chi connectivity index (χ4v) is 2.05. The van der Waals surface area contributed by atoms with Gasteiger partial charge >= 0.3 is 0 Å². The Labute approximate surface area is 81.5 Å². The van der Waals surface area contributed by atoms with Gasteiger partial charge in [-0.3, -0.25) is 4.79 Å². The molecule has 2 heteroatoms. The van der Waals surface area contributed by atoms with E-state index in [9.17, 15) is 4.79 Å². The van der Waals surface area contributed by atoms with E-state index in [1.54, 1.807) is 0 Å². The predicted molar refractivity (Wildman–Crippen MR) is 56.6 cm³/mol. The second kappa shape index (κ2) is 2.35. The molecule has 0 spiro atoms. The molecule has 14 heavy (non-hydrogen) atoms. The summed E-state index contributed by atoms with van der Waals surface area (Å²) in [5.74, 6) is 0.0138. The van der Waals surface area contributed by atoms with Crippen LogP contribution in [0.3, 0.4) is 0 Å². The van der Waals surface area contributed by atoms with Crippen molar-refractivity contribution in [3.63, 3.8) is 0 Å². The number of benzene rings is 2.